The van der Waals surface area contributed by atoms with Gasteiger partial charge in [0.1, 0.15) is 11.5 Å². The van der Waals surface area contributed by atoms with Crippen molar-refractivity contribution in [3.05, 3.63) is 53.1 Å². The maximum absolute atomic E-state index is 13.1. The van der Waals surface area contributed by atoms with Gasteiger partial charge in [-0.15, -0.1) is 0 Å². The Balaban J connectivity index is 1.44. The van der Waals surface area contributed by atoms with Gasteiger partial charge in [0.05, 0.1) is 18.2 Å². The van der Waals surface area contributed by atoms with Gasteiger partial charge in [0.2, 0.25) is 5.91 Å². The maximum atomic E-state index is 13.1. The highest BCUT2D eigenvalue weighted by Gasteiger charge is 2.30. The number of nitrogens with zero attached hydrogens (tertiary/aromatic N) is 2. The van der Waals surface area contributed by atoms with Crippen molar-refractivity contribution < 1.29 is 14.0 Å². The minimum absolute atomic E-state index is 0.00728. The van der Waals surface area contributed by atoms with E-state index in [2.05, 4.69) is 15.5 Å². The molecule has 2 N–H and O–H groups in total. The molecule has 154 valence electrons. The fraction of sp³-hybridized carbons (Fsp3) is 0.500. The average Bonchev–Trinajstić information content (AvgIpc) is 3.42. The van der Waals surface area contributed by atoms with Crippen LogP contribution in [0.4, 0.5) is 4.39 Å². The van der Waals surface area contributed by atoms with Crippen LogP contribution in [0.1, 0.15) is 72.7 Å². The third kappa shape index (κ3) is 4.66. The number of amides is 2. The summed E-state index contributed by atoms with van der Waals surface area (Å²) < 4.78 is 13.1. The van der Waals surface area contributed by atoms with E-state index in [1.807, 2.05) is 4.90 Å². The molecule has 1 aromatic carbocycles. The molecule has 2 aliphatic rings. The number of hydrogen-bond donors (Lipinski definition) is 2. The van der Waals surface area contributed by atoms with Gasteiger partial charge in [-0.2, -0.15) is 5.10 Å². The summed E-state index contributed by atoms with van der Waals surface area (Å²) in [5.74, 6) is -0.454. The number of likely N-dealkylation sites (tertiary alicyclic amines) is 1. The lowest BCUT2D eigenvalue weighted by Crippen LogP contribution is -2.39. The molecule has 2 aromatic rings. The molecule has 2 heterocycles. The van der Waals surface area contributed by atoms with Gasteiger partial charge in [-0.3, -0.25) is 14.7 Å². The minimum atomic E-state index is -0.307. The summed E-state index contributed by atoms with van der Waals surface area (Å²) in [6, 6.07) is 7.95. The van der Waals surface area contributed by atoms with E-state index in [4.69, 9.17) is 0 Å². The van der Waals surface area contributed by atoms with Gasteiger partial charge in [-0.05, 0) is 55.9 Å². The Kier molecular flexibility index (Phi) is 5.92. The molecule has 0 bridgehead atoms. The fourth-order valence-electron chi connectivity index (χ4n) is 4.38. The van der Waals surface area contributed by atoms with E-state index in [1.165, 1.54) is 12.1 Å². The molecule has 1 saturated heterocycles. The number of aromatic amines is 1. The number of carbonyl (C=O) groups is 2. The van der Waals surface area contributed by atoms with Crippen molar-refractivity contribution in [3.8, 4) is 0 Å². The van der Waals surface area contributed by atoms with Crippen molar-refractivity contribution >= 4 is 11.8 Å². The van der Waals surface area contributed by atoms with E-state index in [0.29, 0.717) is 12.2 Å². The third-order valence-electron chi connectivity index (χ3n) is 5.97. The Bertz CT molecular complexity index is 858. The first kappa shape index (κ1) is 19.6. The van der Waals surface area contributed by atoms with Crippen LogP contribution in [0.2, 0.25) is 0 Å². The highest BCUT2D eigenvalue weighted by molar-refractivity contribution is 5.92. The third-order valence-corrected chi connectivity index (χ3v) is 5.97. The van der Waals surface area contributed by atoms with Crippen molar-refractivity contribution in [2.75, 3.05) is 6.54 Å². The van der Waals surface area contributed by atoms with Crippen LogP contribution in [-0.2, 0) is 11.2 Å². The molecule has 7 heteroatoms. The first-order valence-electron chi connectivity index (χ1n) is 10.5. The molecule has 6 nitrogen and oxygen atoms in total. The standard InChI is InChI=1S/C22H27FN4O2/c23-16-10-8-15(9-11-16)13-21(28)27-12-4-3-7-20(27)18-14-19(26-25-18)22(29)24-17-5-1-2-6-17/h8-11,14,17,20H,1-7,12-13H2,(H,24,29)(H,25,26)/t20-/m0/s1. The van der Waals surface area contributed by atoms with Crippen LogP contribution >= 0.6 is 0 Å². The molecule has 1 atom stereocenters. The molecule has 2 fully saturated rings. The zero-order chi connectivity index (χ0) is 20.2. The van der Waals surface area contributed by atoms with E-state index in [1.54, 1.807) is 18.2 Å². The second-order valence-corrected chi connectivity index (χ2v) is 8.07. The molecular formula is C22H27FN4O2. The van der Waals surface area contributed by atoms with E-state index in [-0.39, 0.29) is 36.1 Å². The average molecular weight is 398 g/mol. The summed E-state index contributed by atoms with van der Waals surface area (Å²) in [6.07, 6.45) is 7.41. The van der Waals surface area contributed by atoms with Crippen molar-refractivity contribution in [3.63, 3.8) is 0 Å². The maximum Gasteiger partial charge on any atom is 0.271 e. The lowest BCUT2D eigenvalue weighted by Gasteiger charge is -2.35. The van der Waals surface area contributed by atoms with Gasteiger partial charge in [0.25, 0.3) is 5.91 Å². The molecule has 1 aromatic heterocycles. The number of benzene rings is 1. The summed E-state index contributed by atoms with van der Waals surface area (Å²) in [7, 11) is 0. The Morgan fingerprint density at radius 3 is 2.59 bits per heavy atom. The Morgan fingerprint density at radius 1 is 1.10 bits per heavy atom. The first-order chi connectivity index (χ1) is 14.1. The van der Waals surface area contributed by atoms with Gasteiger partial charge >= 0.3 is 0 Å². The number of carbonyl (C=O) groups excluding carboxylic acids is 2. The summed E-state index contributed by atoms with van der Waals surface area (Å²) in [5.41, 5.74) is 1.97. The molecule has 29 heavy (non-hydrogen) atoms. The lowest BCUT2D eigenvalue weighted by atomic mass is 9.98. The second kappa shape index (κ2) is 8.76. The molecule has 0 radical (unpaired) electrons. The summed E-state index contributed by atoms with van der Waals surface area (Å²) in [4.78, 5) is 27.3. The van der Waals surface area contributed by atoms with E-state index >= 15 is 0 Å². The number of aromatic nitrogens is 2. The van der Waals surface area contributed by atoms with Crippen molar-refractivity contribution in [2.24, 2.45) is 0 Å². The topological polar surface area (TPSA) is 78.1 Å². The summed E-state index contributed by atoms with van der Waals surface area (Å²) in [6.45, 7) is 0.674. The Morgan fingerprint density at radius 2 is 1.83 bits per heavy atom. The molecule has 1 aliphatic carbocycles. The number of piperidine rings is 1. The van der Waals surface area contributed by atoms with Crippen LogP contribution in [0.15, 0.2) is 30.3 Å². The van der Waals surface area contributed by atoms with Gasteiger partial charge in [-0.25, -0.2) is 4.39 Å². The Labute approximate surface area is 169 Å². The summed E-state index contributed by atoms with van der Waals surface area (Å²) >= 11 is 0. The summed E-state index contributed by atoms with van der Waals surface area (Å²) in [5, 5.41) is 10.2. The molecular weight excluding hydrogens is 371 g/mol. The van der Waals surface area contributed by atoms with Crippen molar-refractivity contribution in [1.82, 2.24) is 20.4 Å². The van der Waals surface area contributed by atoms with Crippen LogP contribution in [0, 0.1) is 5.82 Å². The van der Waals surface area contributed by atoms with E-state index in [0.717, 1.165) is 56.2 Å². The van der Waals surface area contributed by atoms with E-state index < -0.39 is 0 Å². The smallest absolute Gasteiger partial charge is 0.271 e. The molecule has 2 amide bonds. The van der Waals surface area contributed by atoms with Gasteiger partial charge < -0.3 is 10.2 Å². The van der Waals surface area contributed by atoms with Crippen LogP contribution in [0.3, 0.4) is 0 Å². The molecule has 1 aliphatic heterocycles. The lowest BCUT2D eigenvalue weighted by molar-refractivity contribution is -0.134. The number of rotatable bonds is 5. The van der Waals surface area contributed by atoms with E-state index in [9.17, 15) is 14.0 Å². The number of halogens is 1. The van der Waals surface area contributed by atoms with Gasteiger partial charge in [0.15, 0.2) is 0 Å². The molecule has 1 saturated carbocycles. The van der Waals surface area contributed by atoms with Gasteiger partial charge in [0, 0.05) is 12.6 Å². The molecule has 0 unspecified atom stereocenters. The molecule has 0 spiro atoms. The predicted molar refractivity (Wildman–Crippen MR) is 107 cm³/mol. The molecule has 4 rings (SSSR count). The van der Waals surface area contributed by atoms with Crippen LogP contribution < -0.4 is 5.32 Å². The van der Waals surface area contributed by atoms with Crippen molar-refractivity contribution in [1.29, 1.82) is 0 Å². The van der Waals surface area contributed by atoms with Crippen LogP contribution in [0.25, 0.3) is 0 Å². The predicted octanol–water partition coefficient (Wildman–Crippen LogP) is 3.52. The Hall–Kier alpha value is -2.70. The van der Waals surface area contributed by atoms with Crippen LogP contribution in [-0.4, -0.2) is 39.5 Å². The zero-order valence-electron chi connectivity index (χ0n) is 16.5. The monoisotopic (exact) mass is 398 g/mol. The van der Waals surface area contributed by atoms with Crippen LogP contribution in [0.5, 0.6) is 0 Å². The minimum Gasteiger partial charge on any atom is -0.348 e. The highest BCUT2D eigenvalue weighted by atomic mass is 19.1. The number of nitrogens with one attached hydrogen (secondary N) is 2. The fourth-order valence-corrected chi connectivity index (χ4v) is 4.38. The van der Waals surface area contributed by atoms with Crippen molar-refractivity contribution in [2.45, 2.75) is 63.5 Å². The number of H-pyrrole nitrogens is 1. The normalized spacial score (nSPS) is 20.0. The van der Waals surface area contributed by atoms with Gasteiger partial charge in [-0.1, -0.05) is 25.0 Å². The highest BCUT2D eigenvalue weighted by Crippen LogP contribution is 2.31. The largest absolute Gasteiger partial charge is 0.348 e. The SMILES string of the molecule is O=C(NC1CCCC1)c1cc([C@@H]2CCCCN2C(=O)Cc2ccc(F)cc2)[nH]n1. The quantitative estimate of drug-likeness (QED) is 0.809. The zero-order valence-corrected chi connectivity index (χ0v) is 16.5. The second-order valence-electron chi connectivity index (χ2n) is 8.07. The number of hydrogen-bond acceptors (Lipinski definition) is 3. The first-order valence-corrected chi connectivity index (χ1v) is 10.5.